The van der Waals surface area contributed by atoms with Gasteiger partial charge in [-0.2, -0.15) is 0 Å². The zero-order valence-corrected chi connectivity index (χ0v) is 25.4. The number of ether oxygens (including phenoxy) is 4. The third kappa shape index (κ3) is 7.52. The Morgan fingerprint density at radius 2 is 1.75 bits per heavy atom. The number of carbonyl (C=O) groups is 3. The van der Waals surface area contributed by atoms with Crippen LogP contribution in [0.5, 0.6) is 17.2 Å². The number of hydrogen-bond donors (Lipinski definition) is 3. The summed E-state index contributed by atoms with van der Waals surface area (Å²) < 4.78 is 22.5. The number of anilines is 2. The van der Waals surface area contributed by atoms with Crippen molar-refractivity contribution >= 4 is 29.2 Å². The SMILES string of the molecule is C[C@@H]1CN([C@@H](C)CO)C(=O)c2cc(NC(=O)CCN3CCOCC3)ccc2O[C@@H]1CN(C)C(=O)Nc1ccc2c(c1)OCO2. The van der Waals surface area contributed by atoms with Gasteiger partial charge in [-0.15, -0.1) is 0 Å². The minimum Gasteiger partial charge on any atom is -0.487 e. The number of rotatable bonds is 9. The molecule has 44 heavy (non-hydrogen) atoms. The number of carbonyl (C=O) groups excluding carboxylic acids is 3. The monoisotopic (exact) mass is 611 g/mol. The number of fused-ring (bicyclic) bond motifs is 2. The van der Waals surface area contributed by atoms with Crippen LogP contribution < -0.4 is 24.8 Å². The van der Waals surface area contributed by atoms with Crippen molar-refractivity contribution < 1.29 is 38.4 Å². The molecular weight excluding hydrogens is 570 g/mol. The van der Waals surface area contributed by atoms with Crippen molar-refractivity contribution in [2.45, 2.75) is 32.4 Å². The van der Waals surface area contributed by atoms with Crippen molar-refractivity contribution in [3.8, 4) is 17.2 Å². The molecule has 0 spiro atoms. The second kappa shape index (κ2) is 14.1. The second-order valence-corrected chi connectivity index (χ2v) is 11.5. The molecule has 0 aliphatic carbocycles. The number of amides is 4. The fourth-order valence-corrected chi connectivity index (χ4v) is 5.37. The van der Waals surface area contributed by atoms with Gasteiger partial charge >= 0.3 is 6.03 Å². The van der Waals surface area contributed by atoms with E-state index in [4.69, 9.17) is 18.9 Å². The Kier molecular flexibility index (Phi) is 10.1. The van der Waals surface area contributed by atoms with Crippen molar-refractivity contribution in [2.75, 3.05) is 77.0 Å². The van der Waals surface area contributed by atoms with Crippen LogP contribution in [-0.4, -0.2) is 116 Å². The second-order valence-electron chi connectivity index (χ2n) is 11.5. The minimum absolute atomic E-state index is 0.141. The highest BCUT2D eigenvalue weighted by Gasteiger charge is 2.34. The van der Waals surface area contributed by atoms with Crippen LogP contribution in [0.2, 0.25) is 0 Å². The topological polar surface area (TPSA) is 142 Å². The molecular formula is C31H41N5O8. The highest BCUT2D eigenvalue weighted by molar-refractivity contribution is 6.00. The summed E-state index contributed by atoms with van der Waals surface area (Å²) in [5.74, 6) is 0.898. The molecule has 13 nitrogen and oxygen atoms in total. The van der Waals surface area contributed by atoms with E-state index in [1.807, 2.05) is 6.92 Å². The molecule has 3 aliphatic heterocycles. The number of hydrogen-bond acceptors (Lipinski definition) is 9. The quantitative estimate of drug-likeness (QED) is 0.390. The van der Waals surface area contributed by atoms with Gasteiger partial charge in [0.25, 0.3) is 5.91 Å². The molecule has 3 aliphatic rings. The summed E-state index contributed by atoms with van der Waals surface area (Å²) in [5, 5.41) is 15.7. The molecule has 2 aromatic carbocycles. The van der Waals surface area contributed by atoms with Crippen LogP contribution in [0.3, 0.4) is 0 Å². The fraction of sp³-hybridized carbons (Fsp3) is 0.516. The number of nitrogens with one attached hydrogen (secondary N) is 2. The van der Waals surface area contributed by atoms with E-state index in [9.17, 15) is 19.5 Å². The molecule has 13 heteroatoms. The molecule has 2 aromatic rings. The van der Waals surface area contributed by atoms with Crippen LogP contribution in [0.15, 0.2) is 36.4 Å². The van der Waals surface area contributed by atoms with Gasteiger partial charge in [-0.3, -0.25) is 14.5 Å². The van der Waals surface area contributed by atoms with E-state index in [0.717, 1.165) is 13.1 Å². The predicted molar refractivity (Wildman–Crippen MR) is 162 cm³/mol. The van der Waals surface area contributed by atoms with Crippen LogP contribution in [0, 0.1) is 5.92 Å². The molecule has 238 valence electrons. The minimum atomic E-state index is -0.475. The van der Waals surface area contributed by atoms with E-state index in [1.165, 1.54) is 4.90 Å². The van der Waals surface area contributed by atoms with E-state index in [-0.39, 0.29) is 49.3 Å². The van der Waals surface area contributed by atoms with Gasteiger partial charge in [0.2, 0.25) is 12.7 Å². The normalized spacial score (nSPS) is 20.5. The average Bonchev–Trinajstić information content (AvgIpc) is 3.50. The number of aliphatic hydroxyl groups excluding tert-OH is 1. The van der Waals surface area contributed by atoms with Crippen molar-refractivity contribution in [1.82, 2.24) is 14.7 Å². The number of urea groups is 1. The molecule has 3 N–H and O–H groups in total. The van der Waals surface area contributed by atoms with Crippen LogP contribution >= 0.6 is 0 Å². The van der Waals surface area contributed by atoms with Crippen molar-refractivity contribution in [3.63, 3.8) is 0 Å². The van der Waals surface area contributed by atoms with E-state index >= 15 is 0 Å². The van der Waals surface area contributed by atoms with Crippen LogP contribution in [0.1, 0.15) is 30.6 Å². The summed E-state index contributed by atoms with van der Waals surface area (Å²) in [5.41, 5.74) is 1.33. The Bertz CT molecular complexity index is 1350. The van der Waals surface area contributed by atoms with Gasteiger partial charge in [-0.05, 0) is 37.3 Å². The summed E-state index contributed by atoms with van der Waals surface area (Å²) in [6, 6.07) is 9.39. The van der Waals surface area contributed by atoms with Crippen LogP contribution in [0.4, 0.5) is 16.2 Å². The summed E-state index contributed by atoms with van der Waals surface area (Å²) in [4.78, 5) is 44.9. The Labute approximate surface area is 257 Å². The predicted octanol–water partition coefficient (Wildman–Crippen LogP) is 2.46. The summed E-state index contributed by atoms with van der Waals surface area (Å²) >= 11 is 0. The lowest BCUT2D eigenvalue weighted by molar-refractivity contribution is -0.116. The van der Waals surface area contributed by atoms with Gasteiger partial charge < -0.3 is 44.5 Å². The first-order chi connectivity index (χ1) is 21.2. The third-order valence-electron chi connectivity index (χ3n) is 8.13. The third-order valence-corrected chi connectivity index (χ3v) is 8.13. The van der Waals surface area contributed by atoms with Gasteiger partial charge in [0.1, 0.15) is 11.9 Å². The Morgan fingerprint density at radius 3 is 2.50 bits per heavy atom. The number of nitrogens with zero attached hydrogens (tertiary/aromatic N) is 3. The maximum atomic E-state index is 13.7. The molecule has 0 saturated carbocycles. The van der Waals surface area contributed by atoms with Crippen molar-refractivity contribution in [2.24, 2.45) is 5.92 Å². The first-order valence-corrected chi connectivity index (χ1v) is 15.0. The van der Waals surface area contributed by atoms with Crippen molar-refractivity contribution in [3.05, 3.63) is 42.0 Å². The number of benzene rings is 2. The molecule has 1 saturated heterocycles. The standard InChI is InChI=1S/C31H41N5O8/c1-20-16-36(21(2)18-37)30(39)24-14-22(32-29(38)8-9-35-10-12-41-13-11-35)4-6-25(24)44-28(20)17-34(3)31(40)33-23-5-7-26-27(15-23)43-19-42-26/h4-7,14-15,20-21,28,37H,8-13,16-19H2,1-3H3,(H,32,38)(H,33,40)/t20-,21+,28-/m1/s1. The lowest BCUT2D eigenvalue weighted by Gasteiger charge is -2.38. The largest absolute Gasteiger partial charge is 0.487 e. The highest BCUT2D eigenvalue weighted by Crippen LogP contribution is 2.34. The summed E-state index contributed by atoms with van der Waals surface area (Å²) in [7, 11) is 1.67. The molecule has 0 radical (unpaired) electrons. The Hall–Kier alpha value is -4.07. The maximum absolute atomic E-state index is 13.7. The molecule has 5 rings (SSSR count). The fourth-order valence-electron chi connectivity index (χ4n) is 5.37. The Morgan fingerprint density at radius 1 is 1.05 bits per heavy atom. The zero-order chi connectivity index (χ0) is 31.2. The van der Waals surface area contributed by atoms with Crippen LogP contribution in [-0.2, 0) is 9.53 Å². The highest BCUT2D eigenvalue weighted by atomic mass is 16.7. The molecule has 3 atom stereocenters. The molecule has 0 bridgehead atoms. The maximum Gasteiger partial charge on any atom is 0.321 e. The van der Waals surface area contributed by atoms with E-state index < -0.39 is 12.1 Å². The Balaban J connectivity index is 1.29. The van der Waals surface area contributed by atoms with E-state index in [1.54, 1.807) is 55.3 Å². The smallest absolute Gasteiger partial charge is 0.321 e. The first-order valence-electron chi connectivity index (χ1n) is 15.0. The molecule has 4 amide bonds. The van der Waals surface area contributed by atoms with Crippen molar-refractivity contribution in [1.29, 1.82) is 0 Å². The van der Waals surface area contributed by atoms with Gasteiger partial charge in [0.15, 0.2) is 11.5 Å². The number of morpholine rings is 1. The molecule has 0 unspecified atom stereocenters. The molecule has 0 aromatic heterocycles. The number of likely N-dealkylation sites (N-methyl/N-ethyl adjacent to an activating group) is 1. The lowest BCUT2D eigenvalue weighted by Crippen LogP contribution is -2.50. The van der Waals surface area contributed by atoms with Gasteiger partial charge in [-0.25, -0.2) is 4.79 Å². The van der Waals surface area contributed by atoms with E-state index in [2.05, 4.69) is 15.5 Å². The first kappa shape index (κ1) is 31.4. The van der Waals surface area contributed by atoms with Crippen LogP contribution in [0.25, 0.3) is 0 Å². The molecule has 1 fully saturated rings. The lowest BCUT2D eigenvalue weighted by atomic mass is 9.99. The van der Waals surface area contributed by atoms with Gasteiger partial charge in [-0.1, -0.05) is 6.92 Å². The van der Waals surface area contributed by atoms with E-state index in [0.29, 0.717) is 61.3 Å². The summed E-state index contributed by atoms with van der Waals surface area (Å²) in [6.45, 7) is 7.74. The zero-order valence-electron chi connectivity index (χ0n) is 25.4. The van der Waals surface area contributed by atoms with Gasteiger partial charge in [0.05, 0.1) is 38.0 Å². The average molecular weight is 612 g/mol. The number of aliphatic hydroxyl groups is 1. The molecule has 3 heterocycles. The van der Waals surface area contributed by atoms with Gasteiger partial charge in [0, 0.05) is 63.0 Å². The summed E-state index contributed by atoms with van der Waals surface area (Å²) in [6.07, 6.45) is -0.160.